The predicted molar refractivity (Wildman–Crippen MR) is 96.2 cm³/mol. The van der Waals surface area contributed by atoms with E-state index in [1.54, 1.807) is 25.3 Å². The molecule has 0 aliphatic carbocycles. The predicted octanol–water partition coefficient (Wildman–Crippen LogP) is 3.64. The molecule has 3 aromatic rings. The number of pyridine rings is 1. The highest BCUT2D eigenvalue weighted by Gasteiger charge is 2.14. The Morgan fingerprint density at radius 3 is 2.96 bits per heavy atom. The highest BCUT2D eigenvalue weighted by atomic mass is 35.5. The first-order valence-corrected chi connectivity index (χ1v) is 8.98. The third-order valence-corrected chi connectivity index (χ3v) is 4.65. The highest BCUT2D eigenvalue weighted by molar-refractivity contribution is 8.00. The molecule has 9 heteroatoms. The molecule has 1 amide bonds. The van der Waals surface area contributed by atoms with Crippen LogP contribution in [0.25, 0.3) is 11.4 Å². The lowest BCUT2D eigenvalue weighted by Crippen LogP contribution is -2.24. The first kappa shape index (κ1) is 18.3. The number of carbonyl (C=O) groups is 1. The maximum Gasteiger partial charge on any atom is 0.230 e. The Morgan fingerprint density at radius 1 is 1.38 bits per heavy atom. The summed E-state index contributed by atoms with van der Waals surface area (Å²) in [5.41, 5.74) is 1.42. The minimum absolute atomic E-state index is 0.0275. The van der Waals surface area contributed by atoms with E-state index < -0.39 is 5.82 Å². The maximum absolute atomic E-state index is 13.1. The molecule has 0 saturated heterocycles. The van der Waals surface area contributed by atoms with Crippen molar-refractivity contribution in [2.45, 2.75) is 18.5 Å². The Labute approximate surface area is 158 Å². The molecule has 0 spiro atoms. The van der Waals surface area contributed by atoms with E-state index in [1.807, 2.05) is 6.07 Å². The molecule has 1 aromatic carbocycles. The van der Waals surface area contributed by atoms with Crippen molar-refractivity contribution in [2.24, 2.45) is 0 Å². The van der Waals surface area contributed by atoms with E-state index in [0.29, 0.717) is 22.3 Å². The number of aryl methyl sites for hydroxylation is 1. The van der Waals surface area contributed by atoms with Gasteiger partial charge in [-0.05, 0) is 29.8 Å². The fourth-order valence-corrected chi connectivity index (χ4v) is 3.14. The Hall–Kier alpha value is -2.45. The van der Waals surface area contributed by atoms with Crippen LogP contribution in [0.2, 0.25) is 5.02 Å². The van der Waals surface area contributed by atoms with Crippen LogP contribution >= 0.6 is 23.4 Å². The van der Waals surface area contributed by atoms with E-state index in [1.165, 1.54) is 23.9 Å². The van der Waals surface area contributed by atoms with E-state index in [2.05, 4.69) is 20.4 Å². The zero-order valence-corrected chi connectivity index (χ0v) is 15.3. The molecule has 0 aliphatic rings. The van der Waals surface area contributed by atoms with Crippen molar-refractivity contribution < 1.29 is 13.7 Å². The lowest BCUT2D eigenvalue weighted by atomic mass is 10.2. The fraction of sp³-hybridized carbons (Fsp3) is 0.176. The molecule has 0 fully saturated rings. The SMILES string of the molecule is Cc1nc(-c2cccnc2SCC(=O)NCc2ccc(F)c(Cl)c2)no1. The zero-order valence-electron chi connectivity index (χ0n) is 13.7. The Morgan fingerprint density at radius 2 is 2.23 bits per heavy atom. The smallest absolute Gasteiger partial charge is 0.230 e. The van der Waals surface area contributed by atoms with Gasteiger partial charge in [-0.25, -0.2) is 9.37 Å². The molecule has 2 heterocycles. The summed E-state index contributed by atoms with van der Waals surface area (Å²) in [7, 11) is 0. The number of aromatic nitrogens is 3. The normalized spacial score (nSPS) is 10.7. The van der Waals surface area contributed by atoms with Gasteiger partial charge in [-0.3, -0.25) is 4.79 Å². The second-order valence-corrected chi connectivity index (χ2v) is 6.68. The summed E-state index contributed by atoms with van der Waals surface area (Å²) in [6, 6.07) is 7.91. The average molecular weight is 393 g/mol. The Balaban J connectivity index is 1.59. The number of hydrogen-bond donors (Lipinski definition) is 1. The summed E-state index contributed by atoms with van der Waals surface area (Å²) >= 11 is 7.00. The lowest BCUT2D eigenvalue weighted by molar-refractivity contribution is -0.118. The second-order valence-electron chi connectivity index (χ2n) is 5.31. The van der Waals surface area contributed by atoms with Gasteiger partial charge < -0.3 is 9.84 Å². The Bertz CT molecular complexity index is 935. The number of nitrogens with one attached hydrogen (secondary N) is 1. The van der Waals surface area contributed by atoms with Gasteiger partial charge in [-0.2, -0.15) is 4.98 Å². The molecule has 1 N–H and O–H groups in total. The summed E-state index contributed by atoms with van der Waals surface area (Å²) in [5, 5.41) is 7.30. The largest absolute Gasteiger partial charge is 0.351 e. The third-order valence-electron chi connectivity index (χ3n) is 3.35. The van der Waals surface area contributed by atoms with E-state index in [0.717, 1.165) is 5.56 Å². The van der Waals surface area contributed by atoms with Crippen LogP contribution in [0.3, 0.4) is 0 Å². The molecule has 6 nitrogen and oxygen atoms in total. The van der Waals surface area contributed by atoms with Crippen molar-refractivity contribution in [2.75, 3.05) is 5.75 Å². The van der Waals surface area contributed by atoms with Gasteiger partial charge in [-0.15, -0.1) is 0 Å². The lowest BCUT2D eigenvalue weighted by Gasteiger charge is -2.07. The number of rotatable bonds is 6. The van der Waals surface area contributed by atoms with Gasteiger partial charge in [0, 0.05) is 19.7 Å². The van der Waals surface area contributed by atoms with Crippen molar-refractivity contribution in [1.29, 1.82) is 0 Å². The van der Waals surface area contributed by atoms with E-state index >= 15 is 0 Å². The Kier molecular flexibility index (Phi) is 5.85. The minimum Gasteiger partial charge on any atom is -0.351 e. The topological polar surface area (TPSA) is 80.9 Å². The van der Waals surface area contributed by atoms with E-state index in [-0.39, 0.29) is 23.2 Å². The van der Waals surface area contributed by atoms with Gasteiger partial charge in [-0.1, -0.05) is 34.6 Å². The fourth-order valence-electron chi connectivity index (χ4n) is 2.12. The number of hydrogen-bond acceptors (Lipinski definition) is 6. The average Bonchev–Trinajstić information content (AvgIpc) is 3.07. The summed E-state index contributed by atoms with van der Waals surface area (Å²) in [4.78, 5) is 20.5. The molecular weight excluding hydrogens is 379 g/mol. The van der Waals surface area contributed by atoms with E-state index in [9.17, 15) is 9.18 Å². The molecule has 3 rings (SSSR count). The van der Waals surface area contributed by atoms with Gasteiger partial charge in [0.05, 0.1) is 16.3 Å². The van der Waals surface area contributed by atoms with Crippen LogP contribution in [0, 0.1) is 12.7 Å². The molecule has 0 radical (unpaired) electrons. The molecule has 2 aromatic heterocycles. The van der Waals surface area contributed by atoms with Crippen molar-refractivity contribution >= 4 is 29.3 Å². The monoisotopic (exact) mass is 392 g/mol. The first-order chi connectivity index (χ1) is 12.5. The van der Waals surface area contributed by atoms with Crippen molar-refractivity contribution in [3.8, 4) is 11.4 Å². The number of benzene rings is 1. The minimum atomic E-state index is -0.489. The zero-order chi connectivity index (χ0) is 18.5. The van der Waals surface area contributed by atoms with Crippen LogP contribution in [-0.4, -0.2) is 26.8 Å². The van der Waals surface area contributed by atoms with Gasteiger partial charge in [0.15, 0.2) is 0 Å². The van der Waals surface area contributed by atoms with Gasteiger partial charge >= 0.3 is 0 Å². The highest BCUT2D eigenvalue weighted by Crippen LogP contribution is 2.27. The van der Waals surface area contributed by atoms with Gasteiger partial charge in [0.25, 0.3) is 0 Å². The molecule has 0 atom stereocenters. The number of amides is 1. The van der Waals surface area contributed by atoms with Crippen LogP contribution in [0.15, 0.2) is 46.1 Å². The summed E-state index contributed by atoms with van der Waals surface area (Å²) in [6.45, 7) is 1.97. The number of nitrogens with zero attached hydrogens (tertiary/aromatic N) is 3. The number of halogens is 2. The standard InChI is InChI=1S/C17H14ClFN4O2S/c1-10-22-16(23-25-10)12-3-2-6-20-17(12)26-9-15(24)21-8-11-4-5-14(19)13(18)7-11/h2-7H,8-9H2,1H3,(H,21,24). The van der Waals surface area contributed by atoms with Crippen LogP contribution < -0.4 is 5.32 Å². The molecule has 26 heavy (non-hydrogen) atoms. The quantitative estimate of drug-likeness (QED) is 0.645. The van der Waals surface area contributed by atoms with Crippen LogP contribution in [0.5, 0.6) is 0 Å². The van der Waals surface area contributed by atoms with Crippen molar-refractivity contribution in [1.82, 2.24) is 20.4 Å². The second kappa shape index (κ2) is 8.29. The molecule has 0 aliphatic heterocycles. The molecule has 0 saturated carbocycles. The summed E-state index contributed by atoms with van der Waals surface area (Å²) in [6.07, 6.45) is 1.64. The third kappa shape index (κ3) is 4.59. The van der Waals surface area contributed by atoms with Gasteiger partial charge in [0.1, 0.15) is 10.8 Å². The summed E-state index contributed by atoms with van der Waals surface area (Å²) < 4.78 is 18.1. The van der Waals surface area contributed by atoms with Crippen LogP contribution in [0.4, 0.5) is 4.39 Å². The maximum atomic E-state index is 13.1. The molecule has 134 valence electrons. The summed E-state index contributed by atoms with van der Waals surface area (Å²) in [5.74, 6) is 0.374. The van der Waals surface area contributed by atoms with E-state index in [4.69, 9.17) is 16.1 Å². The number of thioether (sulfide) groups is 1. The van der Waals surface area contributed by atoms with Crippen molar-refractivity contribution in [3.05, 3.63) is 58.8 Å². The van der Waals surface area contributed by atoms with Crippen LogP contribution in [0.1, 0.15) is 11.5 Å². The number of carbonyl (C=O) groups excluding carboxylic acids is 1. The molecular formula is C17H14ClFN4O2S. The van der Waals surface area contributed by atoms with Gasteiger partial charge in [0.2, 0.25) is 17.6 Å². The first-order valence-electron chi connectivity index (χ1n) is 7.62. The molecule has 0 unspecified atom stereocenters. The van der Waals surface area contributed by atoms with Crippen molar-refractivity contribution in [3.63, 3.8) is 0 Å². The van der Waals surface area contributed by atoms with Crippen LogP contribution in [-0.2, 0) is 11.3 Å². The molecule has 0 bridgehead atoms.